The molecule has 1 N–H and O–H groups in total. The average molecular weight is 226 g/mol. The first-order valence-electron chi connectivity index (χ1n) is 7.32. The Morgan fingerprint density at radius 3 is 2.69 bits per heavy atom. The van der Waals surface area contributed by atoms with E-state index in [1.165, 1.54) is 71.1 Å². The molecule has 2 heteroatoms. The fourth-order valence-corrected chi connectivity index (χ4v) is 2.54. The Morgan fingerprint density at radius 1 is 1.12 bits per heavy atom. The quantitative estimate of drug-likeness (QED) is 0.640. The molecule has 0 saturated carbocycles. The molecular weight excluding hydrogens is 196 g/mol. The van der Waals surface area contributed by atoms with Gasteiger partial charge < -0.3 is 10.2 Å². The summed E-state index contributed by atoms with van der Waals surface area (Å²) in [5, 5.41) is 3.72. The SMILES string of the molecule is CCCCCCCNC1CCCN(CC)C1. The van der Waals surface area contributed by atoms with Crippen molar-refractivity contribution in [3.63, 3.8) is 0 Å². The highest BCUT2D eigenvalue weighted by atomic mass is 15.2. The van der Waals surface area contributed by atoms with E-state index >= 15 is 0 Å². The molecule has 0 aromatic rings. The molecule has 0 radical (unpaired) electrons. The standard InChI is InChI=1S/C14H30N2/c1-3-5-6-7-8-11-15-14-10-9-12-16(4-2)13-14/h14-15H,3-13H2,1-2H3. The summed E-state index contributed by atoms with van der Waals surface area (Å²) in [4.78, 5) is 2.57. The first kappa shape index (κ1) is 14.0. The number of nitrogens with zero attached hydrogens (tertiary/aromatic N) is 1. The molecule has 0 aliphatic carbocycles. The lowest BCUT2D eigenvalue weighted by atomic mass is 10.1. The summed E-state index contributed by atoms with van der Waals surface area (Å²) in [6.45, 7) is 9.57. The van der Waals surface area contributed by atoms with Gasteiger partial charge in [-0.15, -0.1) is 0 Å². The monoisotopic (exact) mass is 226 g/mol. The van der Waals surface area contributed by atoms with E-state index < -0.39 is 0 Å². The summed E-state index contributed by atoms with van der Waals surface area (Å²) in [5.41, 5.74) is 0. The molecule has 2 nitrogen and oxygen atoms in total. The van der Waals surface area contributed by atoms with Gasteiger partial charge in [-0.25, -0.2) is 0 Å². The Morgan fingerprint density at radius 2 is 1.94 bits per heavy atom. The second-order valence-corrected chi connectivity index (χ2v) is 5.10. The third-order valence-electron chi connectivity index (χ3n) is 3.67. The van der Waals surface area contributed by atoms with Crippen molar-refractivity contribution in [2.75, 3.05) is 26.2 Å². The number of hydrogen-bond acceptors (Lipinski definition) is 2. The molecule has 1 rings (SSSR count). The van der Waals surface area contributed by atoms with Gasteiger partial charge in [0.15, 0.2) is 0 Å². The number of hydrogen-bond donors (Lipinski definition) is 1. The van der Waals surface area contributed by atoms with Gasteiger partial charge in [0.2, 0.25) is 0 Å². The lowest BCUT2D eigenvalue weighted by Gasteiger charge is -2.32. The van der Waals surface area contributed by atoms with Crippen LogP contribution in [0.25, 0.3) is 0 Å². The highest BCUT2D eigenvalue weighted by Crippen LogP contribution is 2.09. The van der Waals surface area contributed by atoms with E-state index in [-0.39, 0.29) is 0 Å². The van der Waals surface area contributed by atoms with Crippen LogP contribution in [0.2, 0.25) is 0 Å². The van der Waals surface area contributed by atoms with E-state index in [2.05, 4.69) is 24.1 Å². The smallest absolute Gasteiger partial charge is 0.0195 e. The second-order valence-electron chi connectivity index (χ2n) is 5.10. The maximum absolute atomic E-state index is 3.72. The van der Waals surface area contributed by atoms with Crippen molar-refractivity contribution in [1.82, 2.24) is 10.2 Å². The number of unbranched alkanes of at least 4 members (excludes halogenated alkanes) is 4. The minimum atomic E-state index is 0.764. The van der Waals surface area contributed by atoms with Gasteiger partial charge in [0.1, 0.15) is 0 Å². The van der Waals surface area contributed by atoms with Crippen LogP contribution in [0.15, 0.2) is 0 Å². The minimum Gasteiger partial charge on any atom is -0.313 e. The third-order valence-corrected chi connectivity index (χ3v) is 3.67. The molecule has 0 amide bonds. The van der Waals surface area contributed by atoms with Crippen molar-refractivity contribution in [2.24, 2.45) is 0 Å². The number of nitrogens with one attached hydrogen (secondary N) is 1. The van der Waals surface area contributed by atoms with Crippen LogP contribution in [0.3, 0.4) is 0 Å². The summed E-state index contributed by atoms with van der Waals surface area (Å²) >= 11 is 0. The molecule has 1 aliphatic rings. The molecule has 1 aliphatic heterocycles. The van der Waals surface area contributed by atoms with Crippen molar-refractivity contribution in [3.8, 4) is 0 Å². The highest BCUT2D eigenvalue weighted by Gasteiger charge is 2.17. The molecule has 1 heterocycles. The molecule has 0 spiro atoms. The van der Waals surface area contributed by atoms with Gasteiger partial charge in [0.25, 0.3) is 0 Å². The Hall–Kier alpha value is -0.0800. The van der Waals surface area contributed by atoms with Gasteiger partial charge in [-0.3, -0.25) is 0 Å². The zero-order valence-corrected chi connectivity index (χ0v) is 11.3. The topological polar surface area (TPSA) is 15.3 Å². The second kappa shape index (κ2) is 9.00. The number of piperidine rings is 1. The molecule has 0 aromatic heterocycles. The van der Waals surface area contributed by atoms with E-state index in [4.69, 9.17) is 0 Å². The predicted molar refractivity (Wildman–Crippen MR) is 71.9 cm³/mol. The highest BCUT2D eigenvalue weighted by molar-refractivity contribution is 4.77. The molecular formula is C14H30N2. The Balaban J connectivity index is 1.95. The van der Waals surface area contributed by atoms with Crippen LogP contribution in [0.1, 0.15) is 58.8 Å². The van der Waals surface area contributed by atoms with Crippen LogP contribution in [0.4, 0.5) is 0 Å². The molecule has 0 bridgehead atoms. The van der Waals surface area contributed by atoms with Crippen molar-refractivity contribution in [3.05, 3.63) is 0 Å². The lowest BCUT2D eigenvalue weighted by Crippen LogP contribution is -2.45. The molecule has 1 atom stereocenters. The summed E-state index contributed by atoms with van der Waals surface area (Å²) in [5.74, 6) is 0. The van der Waals surface area contributed by atoms with Crippen molar-refractivity contribution >= 4 is 0 Å². The van der Waals surface area contributed by atoms with Crippen molar-refractivity contribution in [2.45, 2.75) is 64.8 Å². The van der Waals surface area contributed by atoms with Crippen LogP contribution in [0.5, 0.6) is 0 Å². The molecule has 0 aromatic carbocycles. The van der Waals surface area contributed by atoms with Gasteiger partial charge in [0.05, 0.1) is 0 Å². The maximum Gasteiger partial charge on any atom is 0.0195 e. The fraction of sp³-hybridized carbons (Fsp3) is 1.00. The number of likely N-dealkylation sites (N-methyl/N-ethyl adjacent to an activating group) is 1. The Kier molecular flexibility index (Phi) is 7.87. The first-order chi connectivity index (χ1) is 7.86. The normalized spacial score (nSPS) is 22.5. The van der Waals surface area contributed by atoms with E-state index in [1.54, 1.807) is 0 Å². The van der Waals surface area contributed by atoms with Crippen LogP contribution < -0.4 is 5.32 Å². The largest absolute Gasteiger partial charge is 0.313 e. The van der Waals surface area contributed by atoms with Gasteiger partial charge in [-0.05, 0) is 38.9 Å². The van der Waals surface area contributed by atoms with E-state index in [0.717, 1.165) is 6.04 Å². The molecule has 1 saturated heterocycles. The molecule has 16 heavy (non-hydrogen) atoms. The summed E-state index contributed by atoms with van der Waals surface area (Å²) in [6.07, 6.45) is 9.71. The van der Waals surface area contributed by atoms with Crippen LogP contribution in [0, 0.1) is 0 Å². The van der Waals surface area contributed by atoms with E-state index in [9.17, 15) is 0 Å². The Labute approximate surface area is 102 Å². The molecule has 96 valence electrons. The minimum absolute atomic E-state index is 0.764. The summed E-state index contributed by atoms with van der Waals surface area (Å²) < 4.78 is 0. The Bertz CT molecular complexity index is 159. The van der Waals surface area contributed by atoms with Gasteiger partial charge in [0, 0.05) is 12.6 Å². The van der Waals surface area contributed by atoms with Crippen LogP contribution in [-0.2, 0) is 0 Å². The lowest BCUT2D eigenvalue weighted by molar-refractivity contribution is 0.199. The molecule has 1 unspecified atom stereocenters. The first-order valence-corrected chi connectivity index (χ1v) is 7.32. The predicted octanol–water partition coefficient (Wildman–Crippen LogP) is 3.03. The van der Waals surface area contributed by atoms with Crippen molar-refractivity contribution in [1.29, 1.82) is 0 Å². The third kappa shape index (κ3) is 5.86. The van der Waals surface area contributed by atoms with E-state index in [0.29, 0.717) is 0 Å². The van der Waals surface area contributed by atoms with Gasteiger partial charge in [-0.2, -0.15) is 0 Å². The number of likely N-dealkylation sites (tertiary alicyclic amines) is 1. The van der Waals surface area contributed by atoms with E-state index in [1.807, 2.05) is 0 Å². The van der Waals surface area contributed by atoms with Gasteiger partial charge in [-0.1, -0.05) is 39.5 Å². The average Bonchev–Trinajstić information content (AvgIpc) is 2.34. The fourth-order valence-electron chi connectivity index (χ4n) is 2.54. The van der Waals surface area contributed by atoms with Gasteiger partial charge >= 0.3 is 0 Å². The summed E-state index contributed by atoms with van der Waals surface area (Å²) in [7, 11) is 0. The zero-order valence-electron chi connectivity index (χ0n) is 11.3. The number of rotatable bonds is 8. The van der Waals surface area contributed by atoms with Crippen LogP contribution in [-0.4, -0.2) is 37.1 Å². The molecule has 1 fully saturated rings. The maximum atomic E-state index is 3.72. The summed E-state index contributed by atoms with van der Waals surface area (Å²) in [6, 6.07) is 0.764. The van der Waals surface area contributed by atoms with Crippen molar-refractivity contribution < 1.29 is 0 Å². The zero-order chi connectivity index (χ0) is 11.6. The van der Waals surface area contributed by atoms with Crippen LogP contribution >= 0.6 is 0 Å².